The van der Waals surface area contributed by atoms with Crippen LogP contribution in [0.2, 0.25) is 0 Å². The molecule has 0 radical (unpaired) electrons. The zero-order valence-electron chi connectivity index (χ0n) is 9.89. The molecule has 0 saturated carbocycles. The smallest absolute Gasteiger partial charge is 0.193 e. The van der Waals surface area contributed by atoms with E-state index in [1.807, 2.05) is 60.7 Å². The van der Waals surface area contributed by atoms with Gasteiger partial charge in [0.1, 0.15) is 0 Å². The second-order valence-corrected chi connectivity index (χ2v) is 3.09. The Morgan fingerprint density at radius 3 is 1.06 bits per heavy atom. The molecule has 0 heterocycles. The minimum Gasteiger partial charge on any atom is -0.193 e. The maximum Gasteiger partial charge on any atom is 2.00 e. The topological polar surface area (TPSA) is 0 Å². The molecule has 0 atom stereocenters. The van der Waals surface area contributed by atoms with Crippen LogP contribution in [0.15, 0.2) is 73.8 Å². The van der Waals surface area contributed by atoms with Crippen molar-refractivity contribution in [2.75, 3.05) is 0 Å². The molecule has 0 aliphatic rings. The van der Waals surface area contributed by atoms with Crippen molar-refractivity contribution in [2.24, 2.45) is 0 Å². The first-order valence-electron chi connectivity index (χ1n) is 5.03. The van der Waals surface area contributed by atoms with Gasteiger partial charge >= 0.3 is 23.1 Å². The molecule has 2 aromatic carbocycles. The van der Waals surface area contributed by atoms with Crippen LogP contribution in [0.25, 0.3) is 0 Å². The van der Waals surface area contributed by atoms with Crippen LogP contribution in [0.5, 0.6) is 0 Å². The summed E-state index contributed by atoms with van der Waals surface area (Å²) in [5, 5.41) is 0. The first-order valence-corrected chi connectivity index (χ1v) is 5.03. The average molecular weight is 231 g/mol. The maximum atomic E-state index is 3.51. The molecule has 2 rings (SSSR count). The quantitative estimate of drug-likeness (QED) is 0.546. The van der Waals surface area contributed by atoms with Crippen LogP contribution >= 0.6 is 0 Å². The summed E-state index contributed by atoms with van der Waals surface area (Å²) in [6.07, 6.45) is 5.55. The minimum atomic E-state index is 0. The van der Waals surface area contributed by atoms with E-state index in [0.29, 0.717) is 0 Å². The van der Waals surface area contributed by atoms with Gasteiger partial charge in [0, 0.05) is 0 Å². The molecule has 0 amide bonds. The standard InChI is InChI=1S/2C8H7.Mg/c2*1-2-8-6-4-3-5-7-8;/h2*3-7H,1H2;/q2*-1;+2. The van der Waals surface area contributed by atoms with Crippen molar-refractivity contribution in [3.8, 4) is 0 Å². The molecule has 80 valence electrons. The summed E-state index contributed by atoms with van der Waals surface area (Å²) in [6.45, 7) is 7.01. The Kier molecular flexibility index (Phi) is 9.12. The van der Waals surface area contributed by atoms with Crippen molar-refractivity contribution in [2.45, 2.75) is 0 Å². The fourth-order valence-electron chi connectivity index (χ4n) is 1.11. The SMILES string of the molecule is C=[C-]c1ccccc1.C=[C-]c1ccccc1.[Mg+2]. The number of benzene rings is 2. The van der Waals surface area contributed by atoms with Crippen molar-refractivity contribution in [1.82, 2.24) is 0 Å². The normalized spacial score (nSPS) is 8.00. The second-order valence-electron chi connectivity index (χ2n) is 3.09. The van der Waals surface area contributed by atoms with E-state index in [2.05, 4.69) is 25.3 Å². The van der Waals surface area contributed by atoms with Crippen LogP contribution in [0.4, 0.5) is 0 Å². The first-order chi connectivity index (χ1) is 7.86. The van der Waals surface area contributed by atoms with Crippen LogP contribution in [0.3, 0.4) is 0 Å². The van der Waals surface area contributed by atoms with Crippen molar-refractivity contribution in [1.29, 1.82) is 0 Å². The van der Waals surface area contributed by atoms with Gasteiger partial charge in [0.15, 0.2) is 0 Å². The van der Waals surface area contributed by atoms with Crippen molar-refractivity contribution in [3.05, 3.63) is 97.1 Å². The molecule has 0 aromatic heterocycles. The summed E-state index contributed by atoms with van der Waals surface area (Å²) >= 11 is 0. The molecule has 0 bridgehead atoms. The average Bonchev–Trinajstić information content (AvgIpc) is 2.41. The van der Waals surface area contributed by atoms with E-state index in [1.54, 1.807) is 0 Å². The third-order valence-corrected chi connectivity index (χ3v) is 1.96. The summed E-state index contributed by atoms with van der Waals surface area (Å²) in [5.74, 6) is 0. The van der Waals surface area contributed by atoms with Gasteiger partial charge in [-0.25, -0.2) is 0 Å². The van der Waals surface area contributed by atoms with Crippen LogP contribution in [-0.2, 0) is 0 Å². The van der Waals surface area contributed by atoms with E-state index >= 15 is 0 Å². The first kappa shape index (κ1) is 15.7. The zero-order valence-corrected chi connectivity index (χ0v) is 11.3. The van der Waals surface area contributed by atoms with E-state index in [0.717, 1.165) is 11.1 Å². The molecule has 0 nitrogen and oxygen atoms in total. The molecule has 17 heavy (non-hydrogen) atoms. The molecule has 0 N–H and O–H groups in total. The van der Waals surface area contributed by atoms with Gasteiger partial charge < -0.3 is 0 Å². The maximum absolute atomic E-state index is 3.51. The molecule has 0 spiro atoms. The Morgan fingerprint density at radius 1 is 0.588 bits per heavy atom. The van der Waals surface area contributed by atoms with Gasteiger partial charge in [0.2, 0.25) is 0 Å². The molecule has 1 heteroatoms. The predicted octanol–water partition coefficient (Wildman–Crippen LogP) is 3.67. The van der Waals surface area contributed by atoms with E-state index in [9.17, 15) is 0 Å². The zero-order chi connectivity index (χ0) is 11.6. The molecule has 0 unspecified atom stereocenters. The van der Waals surface area contributed by atoms with Gasteiger partial charge in [-0.2, -0.15) is 60.7 Å². The Hall–Kier alpha value is -1.31. The van der Waals surface area contributed by atoms with Crippen LogP contribution in [0, 0.1) is 12.2 Å². The molecule has 0 aliphatic heterocycles. The van der Waals surface area contributed by atoms with Gasteiger partial charge in [-0.3, -0.25) is 0 Å². The molecular weight excluding hydrogens is 216 g/mol. The summed E-state index contributed by atoms with van der Waals surface area (Å²) in [6, 6.07) is 19.7. The third-order valence-electron chi connectivity index (χ3n) is 1.96. The largest absolute Gasteiger partial charge is 2.00 e. The fourth-order valence-corrected chi connectivity index (χ4v) is 1.11. The van der Waals surface area contributed by atoms with Gasteiger partial charge in [-0.1, -0.05) is 12.1 Å². The van der Waals surface area contributed by atoms with Gasteiger partial charge in [0.05, 0.1) is 0 Å². The summed E-state index contributed by atoms with van der Waals surface area (Å²) in [7, 11) is 0. The summed E-state index contributed by atoms with van der Waals surface area (Å²) in [5.41, 5.74) is 2.10. The van der Waals surface area contributed by atoms with E-state index in [4.69, 9.17) is 0 Å². The van der Waals surface area contributed by atoms with Crippen molar-refractivity contribution < 1.29 is 0 Å². The van der Waals surface area contributed by atoms with Gasteiger partial charge in [0.25, 0.3) is 0 Å². The van der Waals surface area contributed by atoms with Crippen LogP contribution in [0.1, 0.15) is 11.1 Å². The van der Waals surface area contributed by atoms with Crippen molar-refractivity contribution >= 4 is 23.1 Å². The Morgan fingerprint density at radius 2 is 0.882 bits per heavy atom. The minimum absolute atomic E-state index is 0. The number of hydrogen-bond acceptors (Lipinski definition) is 0. The second kappa shape index (κ2) is 9.88. The van der Waals surface area contributed by atoms with Gasteiger partial charge in [-0.05, 0) is 0 Å². The number of rotatable bonds is 2. The Bertz CT molecular complexity index is 374. The summed E-state index contributed by atoms with van der Waals surface area (Å²) < 4.78 is 0. The van der Waals surface area contributed by atoms with Gasteiger partial charge in [-0.15, -0.1) is 24.3 Å². The molecule has 2 aromatic rings. The van der Waals surface area contributed by atoms with E-state index in [1.165, 1.54) is 0 Å². The van der Waals surface area contributed by atoms with E-state index < -0.39 is 0 Å². The third kappa shape index (κ3) is 6.77. The molecule has 0 saturated heterocycles. The molecule has 0 aliphatic carbocycles. The molecule has 0 fully saturated rings. The predicted molar refractivity (Wildman–Crippen MR) is 74.6 cm³/mol. The monoisotopic (exact) mass is 230 g/mol. The Balaban J connectivity index is 0.000000284. The Labute approximate surface area is 120 Å². The van der Waals surface area contributed by atoms with E-state index in [-0.39, 0.29) is 23.1 Å². The fraction of sp³-hybridized carbons (Fsp3) is 0. The number of hydrogen-bond donors (Lipinski definition) is 0. The van der Waals surface area contributed by atoms with Crippen LogP contribution < -0.4 is 0 Å². The molecular formula is C16H14Mg. The van der Waals surface area contributed by atoms with Crippen LogP contribution in [-0.4, -0.2) is 23.1 Å². The summed E-state index contributed by atoms with van der Waals surface area (Å²) in [4.78, 5) is 0. The van der Waals surface area contributed by atoms with Crippen molar-refractivity contribution in [3.63, 3.8) is 0 Å².